The summed E-state index contributed by atoms with van der Waals surface area (Å²) in [5, 5.41) is 19.3. The second kappa shape index (κ2) is 9.43. The van der Waals surface area contributed by atoms with Gasteiger partial charge in [0.2, 0.25) is 5.91 Å². The third-order valence-electron chi connectivity index (χ3n) is 7.62. The standard InChI is InChI=1S/C30H32N4O2/c31-30(36)23-9-16-28-27(17-23)29(33-34(28)18-19-1-3-20(4-2-19)21-5-6-21)22-7-10-24(11-8-22)32-25-12-14-26(35)15-13-25/h1-4,7-11,16-17,21,25-26,32,35H,5-6,12-15,18H2,(H2,31,36). The summed E-state index contributed by atoms with van der Waals surface area (Å²) in [4.78, 5) is 11.9. The first kappa shape index (κ1) is 22.8. The van der Waals surface area contributed by atoms with E-state index in [1.54, 1.807) is 6.07 Å². The Hall–Kier alpha value is -3.64. The molecule has 6 rings (SSSR count). The molecule has 0 bridgehead atoms. The van der Waals surface area contributed by atoms with Crippen molar-refractivity contribution in [1.29, 1.82) is 0 Å². The number of fused-ring (bicyclic) bond motifs is 1. The molecular formula is C30H32N4O2. The molecule has 4 N–H and O–H groups in total. The van der Waals surface area contributed by atoms with Crippen molar-refractivity contribution in [2.75, 3.05) is 5.32 Å². The fraction of sp³-hybridized carbons (Fsp3) is 0.333. The zero-order valence-corrected chi connectivity index (χ0v) is 20.4. The van der Waals surface area contributed by atoms with Crippen LogP contribution in [-0.4, -0.2) is 32.9 Å². The van der Waals surface area contributed by atoms with Crippen LogP contribution >= 0.6 is 0 Å². The van der Waals surface area contributed by atoms with E-state index in [0.29, 0.717) is 18.2 Å². The summed E-state index contributed by atoms with van der Waals surface area (Å²) in [5.74, 6) is 0.300. The predicted molar refractivity (Wildman–Crippen MR) is 143 cm³/mol. The minimum absolute atomic E-state index is 0.157. The summed E-state index contributed by atoms with van der Waals surface area (Å²) >= 11 is 0. The summed E-state index contributed by atoms with van der Waals surface area (Å²) < 4.78 is 2.01. The molecule has 2 aliphatic rings. The van der Waals surface area contributed by atoms with Crippen molar-refractivity contribution in [3.63, 3.8) is 0 Å². The number of rotatable bonds is 7. The predicted octanol–water partition coefficient (Wildman–Crippen LogP) is 5.44. The van der Waals surface area contributed by atoms with Gasteiger partial charge in [-0.05, 0) is 85.9 Å². The maximum absolute atomic E-state index is 11.9. The number of primary amides is 1. The van der Waals surface area contributed by atoms with E-state index in [-0.39, 0.29) is 6.10 Å². The van der Waals surface area contributed by atoms with Gasteiger partial charge in [-0.3, -0.25) is 9.48 Å². The molecule has 2 fully saturated rings. The average molecular weight is 481 g/mol. The molecule has 6 nitrogen and oxygen atoms in total. The lowest BCUT2D eigenvalue weighted by molar-refractivity contribution is 0.100. The van der Waals surface area contributed by atoms with Crippen LogP contribution in [0, 0.1) is 0 Å². The molecule has 1 heterocycles. The number of nitrogens with two attached hydrogens (primary N) is 1. The fourth-order valence-corrected chi connectivity index (χ4v) is 5.33. The van der Waals surface area contributed by atoms with Crippen molar-refractivity contribution in [2.24, 2.45) is 5.73 Å². The van der Waals surface area contributed by atoms with Crippen LogP contribution in [0.4, 0.5) is 5.69 Å². The van der Waals surface area contributed by atoms with Gasteiger partial charge in [-0.1, -0.05) is 36.4 Å². The first-order valence-corrected chi connectivity index (χ1v) is 13.0. The Kier molecular flexibility index (Phi) is 5.97. The number of aromatic nitrogens is 2. The molecule has 1 amide bonds. The number of nitrogens with one attached hydrogen (secondary N) is 1. The highest BCUT2D eigenvalue weighted by Gasteiger charge is 2.23. The van der Waals surface area contributed by atoms with Gasteiger partial charge in [0.05, 0.1) is 18.2 Å². The SMILES string of the molecule is NC(=O)c1ccc2c(c1)c(-c1ccc(NC3CCC(O)CC3)cc1)nn2Cc1ccc(C2CC2)cc1. The summed E-state index contributed by atoms with van der Waals surface area (Å²) in [6.07, 6.45) is 6.11. The van der Waals surface area contributed by atoms with Crippen molar-refractivity contribution in [1.82, 2.24) is 9.78 Å². The lowest BCUT2D eigenvalue weighted by Gasteiger charge is -2.27. The third-order valence-corrected chi connectivity index (χ3v) is 7.62. The minimum atomic E-state index is -0.441. The normalized spacial score (nSPS) is 19.9. The Morgan fingerprint density at radius 1 is 0.944 bits per heavy atom. The van der Waals surface area contributed by atoms with Crippen molar-refractivity contribution < 1.29 is 9.90 Å². The van der Waals surface area contributed by atoms with Gasteiger partial charge in [-0.25, -0.2) is 0 Å². The molecule has 4 aromatic rings. The maximum atomic E-state index is 11.9. The van der Waals surface area contributed by atoms with Crippen LogP contribution in [0.2, 0.25) is 0 Å². The maximum Gasteiger partial charge on any atom is 0.248 e. The molecule has 1 aromatic heterocycles. The molecule has 36 heavy (non-hydrogen) atoms. The summed E-state index contributed by atoms with van der Waals surface area (Å²) in [7, 11) is 0. The summed E-state index contributed by atoms with van der Waals surface area (Å²) in [6.45, 7) is 0.657. The van der Waals surface area contributed by atoms with Crippen LogP contribution in [0.3, 0.4) is 0 Å². The van der Waals surface area contributed by atoms with Crippen molar-refractivity contribution in [3.05, 3.63) is 83.4 Å². The number of hydrogen-bond donors (Lipinski definition) is 3. The number of nitrogens with zero attached hydrogens (tertiary/aromatic N) is 2. The number of carbonyl (C=O) groups is 1. The molecule has 0 saturated heterocycles. The number of aliphatic hydroxyl groups excluding tert-OH is 1. The van der Waals surface area contributed by atoms with E-state index < -0.39 is 5.91 Å². The van der Waals surface area contributed by atoms with Crippen LogP contribution in [0.15, 0.2) is 66.7 Å². The van der Waals surface area contributed by atoms with Gasteiger partial charge >= 0.3 is 0 Å². The molecule has 0 aliphatic heterocycles. The van der Waals surface area contributed by atoms with Crippen molar-refractivity contribution in [2.45, 2.75) is 63.1 Å². The van der Waals surface area contributed by atoms with Crippen LogP contribution in [0.1, 0.15) is 65.9 Å². The molecule has 6 heteroatoms. The zero-order valence-electron chi connectivity index (χ0n) is 20.4. The number of aliphatic hydroxyl groups is 1. The van der Waals surface area contributed by atoms with Gasteiger partial charge in [0.15, 0.2) is 0 Å². The van der Waals surface area contributed by atoms with E-state index in [4.69, 9.17) is 10.8 Å². The van der Waals surface area contributed by atoms with Gasteiger partial charge in [0.1, 0.15) is 5.69 Å². The molecule has 184 valence electrons. The third kappa shape index (κ3) is 4.73. The molecule has 2 saturated carbocycles. The van der Waals surface area contributed by atoms with Gasteiger partial charge in [0, 0.05) is 28.2 Å². The Balaban J connectivity index is 1.30. The minimum Gasteiger partial charge on any atom is -0.393 e. The molecule has 0 radical (unpaired) electrons. The highest BCUT2D eigenvalue weighted by molar-refractivity contribution is 6.01. The van der Waals surface area contributed by atoms with Crippen LogP contribution < -0.4 is 11.1 Å². The second-order valence-corrected chi connectivity index (χ2v) is 10.3. The van der Waals surface area contributed by atoms with Crippen LogP contribution in [0.5, 0.6) is 0 Å². The number of benzene rings is 3. The van der Waals surface area contributed by atoms with E-state index in [2.05, 4.69) is 53.8 Å². The number of amides is 1. The highest BCUT2D eigenvalue weighted by Crippen LogP contribution is 2.40. The van der Waals surface area contributed by atoms with E-state index in [1.165, 1.54) is 24.0 Å². The monoisotopic (exact) mass is 480 g/mol. The number of carbonyl (C=O) groups excluding carboxylic acids is 1. The largest absolute Gasteiger partial charge is 0.393 e. The van der Waals surface area contributed by atoms with Gasteiger partial charge < -0.3 is 16.2 Å². The topological polar surface area (TPSA) is 93.2 Å². The lowest BCUT2D eigenvalue weighted by atomic mass is 9.93. The van der Waals surface area contributed by atoms with E-state index >= 15 is 0 Å². The van der Waals surface area contributed by atoms with Gasteiger partial charge in [-0.2, -0.15) is 5.10 Å². The average Bonchev–Trinajstić information content (AvgIpc) is 3.69. The molecule has 0 spiro atoms. The first-order valence-electron chi connectivity index (χ1n) is 13.0. The summed E-state index contributed by atoms with van der Waals surface area (Å²) in [6, 6.07) is 23.2. The second-order valence-electron chi connectivity index (χ2n) is 10.3. The molecule has 0 atom stereocenters. The van der Waals surface area contributed by atoms with Crippen LogP contribution in [-0.2, 0) is 6.54 Å². The van der Waals surface area contributed by atoms with Gasteiger partial charge in [-0.15, -0.1) is 0 Å². The molecular weight excluding hydrogens is 448 g/mol. The Morgan fingerprint density at radius 3 is 2.33 bits per heavy atom. The lowest BCUT2D eigenvalue weighted by Crippen LogP contribution is -2.28. The van der Waals surface area contributed by atoms with Crippen LogP contribution in [0.25, 0.3) is 22.2 Å². The smallest absolute Gasteiger partial charge is 0.248 e. The Bertz CT molecular complexity index is 1380. The first-order chi connectivity index (χ1) is 17.5. The van der Waals surface area contributed by atoms with E-state index in [0.717, 1.165) is 59.4 Å². The molecule has 3 aromatic carbocycles. The Labute approximate surface area is 211 Å². The zero-order chi connectivity index (χ0) is 24.6. The molecule has 2 aliphatic carbocycles. The van der Waals surface area contributed by atoms with Gasteiger partial charge in [0.25, 0.3) is 0 Å². The highest BCUT2D eigenvalue weighted by atomic mass is 16.3. The quantitative estimate of drug-likeness (QED) is 0.328. The molecule has 0 unspecified atom stereocenters. The fourth-order valence-electron chi connectivity index (χ4n) is 5.33. The number of anilines is 1. The van der Waals surface area contributed by atoms with Crippen molar-refractivity contribution >= 4 is 22.5 Å². The van der Waals surface area contributed by atoms with Crippen molar-refractivity contribution in [3.8, 4) is 11.3 Å². The Morgan fingerprint density at radius 2 is 1.67 bits per heavy atom. The summed E-state index contributed by atoms with van der Waals surface area (Å²) in [5.41, 5.74) is 12.6. The number of hydrogen-bond acceptors (Lipinski definition) is 4. The van der Waals surface area contributed by atoms with E-state index in [9.17, 15) is 9.90 Å². The van der Waals surface area contributed by atoms with E-state index in [1.807, 2.05) is 16.8 Å².